The van der Waals surface area contributed by atoms with Crippen LogP contribution in [0.4, 0.5) is 8.78 Å². The van der Waals surface area contributed by atoms with Gasteiger partial charge < -0.3 is 0 Å². The molecule has 0 saturated carbocycles. The minimum atomic E-state index is -0.583. The van der Waals surface area contributed by atoms with Gasteiger partial charge in [0.05, 0.1) is 5.56 Å². The lowest BCUT2D eigenvalue weighted by Gasteiger charge is -1.98. The summed E-state index contributed by atoms with van der Waals surface area (Å²) >= 11 is 0. The second-order valence-electron chi connectivity index (χ2n) is 3.70. The molecule has 0 N–H and O–H groups in total. The van der Waals surface area contributed by atoms with E-state index in [1.54, 1.807) is 24.3 Å². The Balaban J connectivity index is 2.23. The van der Waals surface area contributed by atoms with Crippen molar-refractivity contribution in [1.82, 2.24) is 0 Å². The second kappa shape index (κ2) is 5.36. The first-order chi connectivity index (χ1) is 8.68. The molecule has 0 saturated heterocycles. The zero-order valence-electron chi connectivity index (χ0n) is 9.44. The molecule has 3 heteroatoms. The predicted molar refractivity (Wildman–Crippen MR) is 66.2 cm³/mol. The fraction of sp³-hybridized carbons (Fsp3) is 0. The van der Waals surface area contributed by atoms with E-state index in [9.17, 15) is 13.6 Å². The number of carbonyl (C=O) groups excluding carboxylic acids is 1. The van der Waals surface area contributed by atoms with Gasteiger partial charge in [-0.2, -0.15) is 0 Å². The van der Waals surface area contributed by atoms with Gasteiger partial charge in [-0.25, -0.2) is 8.78 Å². The van der Waals surface area contributed by atoms with Gasteiger partial charge in [0.25, 0.3) is 0 Å². The van der Waals surface area contributed by atoms with Gasteiger partial charge in [-0.15, -0.1) is 0 Å². The molecule has 2 aromatic rings. The van der Waals surface area contributed by atoms with E-state index < -0.39 is 17.4 Å². The normalized spacial score (nSPS) is 10.8. The monoisotopic (exact) mass is 244 g/mol. The van der Waals surface area contributed by atoms with E-state index in [0.29, 0.717) is 5.56 Å². The van der Waals surface area contributed by atoms with Crippen molar-refractivity contribution in [2.75, 3.05) is 0 Å². The number of rotatable bonds is 3. The summed E-state index contributed by atoms with van der Waals surface area (Å²) in [4.78, 5) is 11.7. The van der Waals surface area contributed by atoms with Gasteiger partial charge >= 0.3 is 0 Å². The van der Waals surface area contributed by atoms with E-state index >= 15 is 0 Å². The molecule has 0 fully saturated rings. The fourth-order valence-corrected chi connectivity index (χ4v) is 1.53. The highest BCUT2D eigenvalue weighted by molar-refractivity contribution is 6.06. The van der Waals surface area contributed by atoms with Gasteiger partial charge in [-0.3, -0.25) is 4.79 Å². The fourth-order valence-electron chi connectivity index (χ4n) is 1.53. The Morgan fingerprint density at radius 2 is 1.50 bits per heavy atom. The van der Waals surface area contributed by atoms with Crippen molar-refractivity contribution in [3.8, 4) is 0 Å². The molecule has 0 aromatic heterocycles. The Bertz CT molecular complexity index is 603. The second-order valence-corrected chi connectivity index (χ2v) is 3.70. The smallest absolute Gasteiger partial charge is 0.188 e. The van der Waals surface area contributed by atoms with Gasteiger partial charge in [-0.05, 0) is 30.4 Å². The van der Waals surface area contributed by atoms with Gasteiger partial charge in [0, 0.05) is 5.56 Å². The summed E-state index contributed by atoms with van der Waals surface area (Å²) in [6.45, 7) is 0. The number of hydrogen-bond acceptors (Lipinski definition) is 1. The lowest BCUT2D eigenvalue weighted by molar-refractivity contribution is 0.104. The summed E-state index contributed by atoms with van der Waals surface area (Å²) in [7, 11) is 0. The first kappa shape index (κ1) is 12.2. The molecule has 0 aliphatic rings. The Morgan fingerprint density at radius 3 is 2.17 bits per heavy atom. The van der Waals surface area contributed by atoms with Crippen LogP contribution < -0.4 is 0 Å². The zero-order valence-corrected chi connectivity index (χ0v) is 9.44. The number of ketones is 1. The number of halogens is 2. The van der Waals surface area contributed by atoms with Crippen molar-refractivity contribution in [3.63, 3.8) is 0 Å². The molecule has 0 heterocycles. The third kappa shape index (κ3) is 2.69. The van der Waals surface area contributed by atoms with E-state index in [0.717, 1.165) is 6.08 Å². The molecule has 1 nitrogen and oxygen atoms in total. The van der Waals surface area contributed by atoms with Crippen molar-refractivity contribution in [2.45, 2.75) is 0 Å². The van der Waals surface area contributed by atoms with Crippen molar-refractivity contribution in [1.29, 1.82) is 0 Å². The molecule has 0 radical (unpaired) electrons. The highest BCUT2D eigenvalue weighted by Crippen LogP contribution is 2.11. The molecule has 0 spiro atoms. The number of allylic oxidation sites excluding steroid dienone is 1. The lowest BCUT2D eigenvalue weighted by Crippen LogP contribution is -1.97. The first-order valence-corrected chi connectivity index (χ1v) is 5.40. The summed E-state index contributed by atoms with van der Waals surface area (Å²) in [5, 5.41) is 0. The topological polar surface area (TPSA) is 17.1 Å². The Kier molecular flexibility index (Phi) is 3.63. The van der Waals surface area contributed by atoms with E-state index in [2.05, 4.69) is 0 Å². The minimum Gasteiger partial charge on any atom is -0.289 e. The Morgan fingerprint density at radius 1 is 0.889 bits per heavy atom. The molecule has 0 aliphatic carbocycles. The predicted octanol–water partition coefficient (Wildman–Crippen LogP) is 3.86. The summed E-state index contributed by atoms with van der Waals surface area (Å²) in [5.74, 6) is -1.49. The van der Waals surface area contributed by atoms with Crippen LogP contribution in [0.25, 0.3) is 6.08 Å². The van der Waals surface area contributed by atoms with Crippen LogP contribution in [0.1, 0.15) is 15.9 Å². The number of benzene rings is 2. The van der Waals surface area contributed by atoms with Gasteiger partial charge in [0.15, 0.2) is 5.78 Å². The van der Waals surface area contributed by atoms with Crippen LogP contribution >= 0.6 is 0 Å². The van der Waals surface area contributed by atoms with Crippen molar-refractivity contribution < 1.29 is 13.6 Å². The summed E-state index contributed by atoms with van der Waals surface area (Å²) < 4.78 is 26.6. The maximum absolute atomic E-state index is 13.3. The largest absolute Gasteiger partial charge is 0.289 e. The average molecular weight is 244 g/mol. The van der Waals surface area contributed by atoms with Crippen molar-refractivity contribution in [2.24, 2.45) is 0 Å². The third-order valence-electron chi connectivity index (χ3n) is 2.46. The molecule has 2 aromatic carbocycles. The first-order valence-electron chi connectivity index (χ1n) is 5.40. The highest BCUT2D eigenvalue weighted by Gasteiger charge is 2.07. The molecule has 0 aliphatic heterocycles. The molecule has 0 unspecified atom stereocenters. The van der Waals surface area contributed by atoms with E-state index in [1.165, 1.54) is 30.3 Å². The van der Waals surface area contributed by atoms with Crippen LogP contribution in [0.2, 0.25) is 0 Å². The van der Waals surface area contributed by atoms with Gasteiger partial charge in [-0.1, -0.05) is 30.3 Å². The van der Waals surface area contributed by atoms with Crippen LogP contribution in [0.5, 0.6) is 0 Å². The Hall–Kier alpha value is -2.29. The van der Waals surface area contributed by atoms with Gasteiger partial charge in [0.1, 0.15) is 11.6 Å². The van der Waals surface area contributed by atoms with Crippen LogP contribution in [0, 0.1) is 11.6 Å². The van der Waals surface area contributed by atoms with Gasteiger partial charge in [0.2, 0.25) is 0 Å². The molecule has 0 amide bonds. The highest BCUT2D eigenvalue weighted by atomic mass is 19.1. The van der Waals surface area contributed by atoms with Crippen molar-refractivity contribution in [3.05, 3.63) is 77.4 Å². The SMILES string of the molecule is O=C(C=Cc1ccccc1F)c1ccccc1F. The summed E-state index contributed by atoms with van der Waals surface area (Å²) in [5.41, 5.74) is 0.271. The lowest BCUT2D eigenvalue weighted by atomic mass is 10.1. The maximum Gasteiger partial charge on any atom is 0.188 e. The van der Waals surface area contributed by atoms with E-state index in [4.69, 9.17) is 0 Å². The molecule has 0 bridgehead atoms. The number of hydrogen-bond donors (Lipinski definition) is 0. The molecular weight excluding hydrogens is 234 g/mol. The van der Waals surface area contributed by atoms with Crippen LogP contribution in [-0.2, 0) is 0 Å². The van der Waals surface area contributed by atoms with Crippen LogP contribution in [0.3, 0.4) is 0 Å². The quantitative estimate of drug-likeness (QED) is 0.592. The van der Waals surface area contributed by atoms with E-state index in [1.807, 2.05) is 0 Å². The molecule has 2 rings (SSSR count). The third-order valence-corrected chi connectivity index (χ3v) is 2.46. The molecule has 0 atom stereocenters. The summed E-state index contributed by atoms with van der Waals surface area (Å²) in [6, 6.07) is 11.8. The van der Waals surface area contributed by atoms with Crippen LogP contribution in [-0.4, -0.2) is 5.78 Å². The van der Waals surface area contributed by atoms with Crippen LogP contribution in [0.15, 0.2) is 54.6 Å². The Labute approximate surface area is 103 Å². The minimum absolute atomic E-state index is 0.0231. The van der Waals surface area contributed by atoms with Crippen molar-refractivity contribution >= 4 is 11.9 Å². The summed E-state index contributed by atoms with van der Waals surface area (Å²) in [6.07, 6.45) is 2.50. The van der Waals surface area contributed by atoms with E-state index in [-0.39, 0.29) is 5.56 Å². The maximum atomic E-state index is 13.3. The molecular formula is C15H10F2O. The number of carbonyl (C=O) groups is 1. The standard InChI is InChI=1S/C15H10F2O/c16-13-7-3-1-5-11(13)9-10-15(18)12-6-2-4-8-14(12)17/h1-10H. The molecule has 18 heavy (non-hydrogen) atoms. The average Bonchev–Trinajstić information content (AvgIpc) is 2.38. The zero-order chi connectivity index (χ0) is 13.0. The molecule has 90 valence electrons.